The summed E-state index contributed by atoms with van der Waals surface area (Å²) < 4.78 is 13.1. The molecule has 1 aliphatic heterocycles. The van der Waals surface area contributed by atoms with Gasteiger partial charge in [-0.2, -0.15) is 0 Å². The van der Waals surface area contributed by atoms with Crippen LogP contribution in [0.4, 0.5) is 0 Å². The van der Waals surface area contributed by atoms with Gasteiger partial charge in [-0.3, -0.25) is 9.59 Å². The summed E-state index contributed by atoms with van der Waals surface area (Å²) >= 11 is 0. The predicted octanol–water partition coefficient (Wildman–Crippen LogP) is 4.33. The van der Waals surface area contributed by atoms with Crippen molar-refractivity contribution in [2.75, 3.05) is 0 Å². The van der Waals surface area contributed by atoms with Gasteiger partial charge in [0.15, 0.2) is 6.10 Å². The van der Waals surface area contributed by atoms with Gasteiger partial charge in [0.1, 0.15) is 6.04 Å². The number of aliphatic carboxylic acids is 1. The lowest BCUT2D eigenvalue weighted by Crippen LogP contribution is -2.70. The molecule has 0 spiro atoms. The molecule has 0 aliphatic carbocycles. The first kappa shape index (κ1) is 33.7. The molecule has 238 valence electrons. The largest absolute Gasteiger partial charge is 0.475 e. The van der Waals surface area contributed by atoms with Gasteiger partial charge in [0.2, 0.25) is 11.7 Å². The molecule has 3 aromatic rings. The smallest absolute Gasteiger partial charge is 0.370 e. The number of aryl methyl sites for hydroxylation is 1. The Bertz CT molecular complexity index is 1430. The summed E-state index contributed by atoms with van der Waals surface area (Å²) in [6, 6.07) is 28.7. The van der Waals surface area contributed by atoms with Gasteiger partial charge in [0.05, 0.1) is 6.10 Å². The van der Waals surface area contributed by atoms with Crippen molar-refractivity contribution in [3.05, 3.63) is 108 Å². The first-order chi connectivity index (χ1) is 21.5. The van der Waals surface area contributed by atoms with Crippen LogP contribution in [-0.4, -0.2) is 55.5 Å². The third kappa shape index (κ3) is 7.90. The maximum absolute atomic E-state index is 13.9. The third-order valence-corrected chi connectivity index (χ3v) is 13.3. The fourth-order valence-electron chi connectivity index (χ4n) is 6.06. The maximum atomic E-state index is 13.9. The Hall–Kier alpha value is -4.21. The van der Waals surface area contributed by atoms with Crippen LogP contribution in [0.2, 0.25) is 5.04 Å². The van der Waals surface area contributed by atoms with E-state index in [0.29, 0.717) is 12.8 Å². The highest BCUT2D eigenvalue weighted by Crippen LogP contribution is 2.39. The zero-order valence-corrected chi connectivity index (χ0v) is 27.7. The number of carboxylic acid groups (broad SMARTS) is 1. The van der Waals surface area contributed by atoms with E-state index in [0.717, 1.165) is 22.4 Å². The second kappa shape index (κ2) is 14.7. The lowest BCUT2D eigenvalue weighted by atomic mass is 9.98. The van der Waals surface area contributed by atoms with Crippen LogP contribution >= 0.6 is 0 Å². The van der Waals surface area contributed by atoms with Crippen molar-refractivity contribution in [1.29, 1.82) is 0 Å². The highest BCUT2D eigenvalue weighted by Gasteiger charge is 2.54. The SMILES string of the molecule is CCC(CCc1ccccc1)NC(=O)[C@@H]1OC(C(=O)O)=C[C@@H](O[Si](c2ccccc2)(c2ccccc2)C(C)(C)C)[C@H]1NC(C)=O. The molecule has 4 atom stereocenters. The van der Waals surface area contributed by atoms with E-state index < -0.39 is 49.2 Å². The molecule has 3 N–H and O–H groups in total. The quantitative estimate of drug-likeness (QED) is 0.258. The Balaban J connectivity index is 1.75. The molecule has 4 rings (SSSR count). The second-order valence-corrected chi connectivity index (χ2v) is 16.7. The minimum atomic E-state index is -3.22. The average molecular weight is 629 g/mol. The highest BCUT2D eigenvalue weighted by molar-refractivity contribution is 6.99. The molecule has 1 heterocycles. The van der Waals surface area contributed by atoms with E-state index in [4.69, 9.17) is 9.16 Å². The van der Waals surface area contributed by atoms with Gasteiger partial charge in [-0.15, -0.1) is 0 Å². The molecule has 0 fully saturated rings. The Labute approximate surface area is 267 Å². The number of hydrogen-bond acceptors (Lipinski definition) is 5. The summed E-state index contributed by atoms with van der Waals surface area (Å²) in [6.07, 6.45) is 1.19. The minimum Gasteiger partial charge on any atom is -0.475 e. The van der Waals surface area contributed by atoms with Crippen LogP contribution in [0.25, 0.3) is 0 Å². The number of carboxylic acids is 1. The van der Waals surface area contributed by atoms with Gasteiger partial charge in [0, 0.05) is 13.0 Å². The molecule has 0 saturated carbocycles. The van der Waals surface area contributed by atoms with Crippen LogP contribution in [0.3, 0.4) is 0 Å². The fourth-order valence-corrected chi connectivity index (χ4v) is 10.7. The van der Waals surface area contributed by atoms with Crippen molar-refractivity contribution < 1.29 is 28.7 Å². The molecular formula is C36H44N2O6Si. The van der Waals surface area contributed by atoms with E-state index in [9.17, 15) is 19.5 Å². The van der Waals surface area contributed by atoms with E-state index in [1.54, 1.807) is 0 Å². The van der Waals surface area contributed by atoms with Crippen molar-refractivity contribution >= 4 is 36.5 Å². The number of benzene rings is 3. The molecule has 1 aliphatic rings. The molecule has 45 heavy (non-hydrogen) atoms. The van der Waals surface area contributed by atoms with Crippen molar-refractivity contribution in [3.63, 3.8) is 0 Å². The number of carbonyl (C=O) groups is 3. The van der Waals surface area contributed by atoms with Gasteiger partial charge in [-0.1, -0.05) is 119 Å². The van der Waals surface area contributed by atoms with Crippen molar-refractivity contribution in [1.82, 2.24) is 10.6 Å². The number of hydrogen-bond donors (Lipinski definition) is 3. The second-order valence-electron chi connectivity index (χ2n) is 12.5. The van der Waals surface area contributed by atoms with Crippen LogP contribution in [0, 0.1) is 0 Å². The molecule has 0 radical (unpaired) electrons. The lowest BCUT2D eigenvalue weighted by molar-refractivity contribution is -0.145. The first-order valence-corrected chi connectivity index (χ1v) is 17.4. The Morgan fingerprint density at radius 1 is 0.911 bits per heavy atom. The van der Waals surface area contributed by atoms with Crippen LogP contribution in [0.1, 0.15) is 53.0 Å². The molecule has 0 bridgehead atoms. The number of amides is 2. The molecule has 3 aromatic carbocycles. The Kier molecular flexibility index (Phi) is 11.0. The zero-order valence-electron chi connectivity index (χ0n) is 26.7. The van der Waals surface area contributed by atoms with Crippen LogP contribution in [0.5, 0.6) is 0 Å². The maximum Gasteiger partial charge on any atom is 0.370 e. The molecule has 1 unspecified atom stereocenters. The number of ether oxygens (including phenoxy) is 1. The van der Waals surface area contributed by atoms with E-state index in [1.807, 2.05) is 97.9 Å². The summed E-state index contributed by atoms with van der Waals surface area (Å²) in [5.41, 5.74) is 1.16. The average Bonchev–Trinajstić information content (AvgIpc) is 3.02. The van der Waals surface area contributed by atoms with Gasteiger partial charge in [-0.25, -0.2) is 4.79 Å². The third-order valence-electron chi connectivity index (χ3n) is 8.28. The normalized spacial score (nSPS) is 19.0. The topological polar surface area (TPSA) is 114 Å². The molecule has 0 aromatic heterocycles. The van der Waals surface area contributed by atoms with E-state index in [1.165, 1.54) is 13.0 Å². The van der Waals surface area contributed by atoms with E-state index in [2.05, 4.69) is 31.4 Å². The summed E-state index contributed by atoms with van der Waals surface area (Å²) in [6.45, 7) is 9.67. The minimum absolute atomic E-state index is 0.186. The van der Waals surface area contributed by atoms with Crippen LogP contribution in [0.15, 0.2) is 103 Å². The van der Waals surface area contributed by atoms with Crippen molar-refractivity contribution in [2.45, 2.75) is 83.2 Å². The molecule has 8 nitrogen and oxygen atoms in total. The number of carbonyl (C=O) groups excluding carboxylic acids is 2. The molecular weight excluding hydrogens is 584 g/mol. The standard InChI is InChI=1S/C36H44N2O6Si/c1-6-27(23-22-26-16-10-7-11-17-26)38-34(40)33-32(37-25(2)39)30(24-31(43-33)35(41)42)44-45(36(3,4)5,28-18-12-8-13-19-28)29-20-14-9-15-21-29/h7-21,24,27,30,32-33H,6,22-23H2,1-5H3,(H,37,39)(H,38,40)(H,41,42)/t27?,30-,32-,33-/m1/s1. The predicted molar refractivity (Wildman–Crippen MR) is 178 cm³/mol. The fraction of sp³-hybridized carbons (Fsp3) is 0.361. The molecule has 0 saturated heterocycles. The van der Waals surface area contributed by atoms with Gasteiger partial charge in [-0.05, 0) is 46.3 Å². The summed E-state index contributed by atoms with van der Waals surface area (Å²) in [7, 11) is -3.22. The van der Waals surface area contributed by atoms with Gasteiger partial charge < -0.3 is 24.9 Å². The van der Waals surface area contributed by atoms with Gasteiger partial charge in [0.25, 0.3) is 14.2 Å². The monoisotopic (exact) mass is 628 g/mol. The van der Waals surface area contributed by atoms with Gasteiger partial charge >= 0.3 is 5.97 Å². The highest BCUT2D eigenvalue weighted by atomic mass is 28.4. The van der Waals surface area contributed by atoms with Crippen molar-refractivity contribution in [2.24, 2.45) is 0 Å². The first-order valence-electron chi connectivity index (χ1n) is 15.5. The zero-order chi connectivity index (χ0) is 32.6. The van der Waals surface area contributed by atoms with Crippen molar-refractivity contribution in [3.8, 4) is 0 Å². The van der Waals surface area contributed by atoms with Crippen LogP contribution < -0.4 is 21.0 Å². The Morgan fingerprint density at radius 3 is 1.91 bits per heavy atom. The van der Waals surface area contributed by atoms with E-state index >= 15 is 0 Å². The Morgan fingerprint density at radius 2 is 1.44 bits per heavy atom. The van der Waals surface area contributed by atoms with E-state index in [-0.39, 0.29) is 11.9 Å². The lowest BCUT2D eigenvalue weighted by Gasteiger charge is -2.47. The molecule has 9 heteroatoms. The molecule has 2 amide bonds. The number of rotatable bonds is 12. The summed E-state index contributed by atoms with van der Waals surface area (Å²) in [5, 5.41) is 17.6. The summed E-state index contributed by atoms with van der Waals surface area (Å²) in [5.74, 6) is -2.60. The van der Waals surface area contributed by atoms with Crippen LogP contribution in [-0.2, 0) is 30.0 Å². The summed E-state index contributed by atoms with van der Waals surface area (Å²) in [4.78, 5) is 38.9. The number of nitrogens with one attached hydrogen (secondary N) is 2.